The van der Waals surface area contributed by atoms with Gasteiger partial charge in [0.15, 0.2) is 5.96 Å². The van der Waals surface area contributed by atoms with E-state index in [1.807, 2.05) is 19.9 Å². The number of guanidine groups is 1. The summed E-state index contributed by atoms with van der Waals surface area (Å²) < 4.78 is 0. The molecule has 3 rings (SSSR count). The molecule has 1 saturated heterocycles. The summed E-state index contributed by atoms with van der Waals surface area (Å²) in [6, 6.07) is 2.50. The van der Waals surface area contributed by atoms with Crippen LogP contribution in [0.3, 0.4) is 0 Å². The molecule has 150 valence electrons. The van der Waals surface area contributed by atoms with Gasteiger partial charge < -0.3 is 20.0 Å². The lowest BCUT2D eigenvalue weighted by Crippen LogP contribution is -2.53. The Labute approximate surface area is 178 Å². The van der Waals surface area contributed by atoms with Crippen LogP contribution in [0.4, 0.5) is 5.95 Å². The van der Waals surface area contributed by atoms with E-state index in [9.17, 15) is 4.79 Å². The van der Waals surface area contributed by atoms with Crippen molar-refractivity contribution in [3.05, 3.63) is 17.5 Å². The van der Waals surface area contributed by atoms with Crippen molar-refractivity contribution in [1.82, 2.24) is 25.1 Å². The molecule has 0 bridgehead atoms. The zero-order chi connectivity index (χ0) is 18.7. The molecule has 1 aliphatic heterocycles. The molecule has 1 aliphatic carbocycles. The number of halogens is 1. The minimum atomic E-state index is 0. The van der Waals surface area contributed by atoms with Crippen LogP contribution in [0.1, 0.15) is 24.2 Å². The van der Waals surface area contributed by atoms with Crippen molar-refractivity contribution in [3.8, 4) is 0 Å². The van der Waals surface area contributed by atoms with Gasteiger partial charge in [-0.1, -0.05) is 0 Å². The van der Waals surface area contributed by atoms with Gasteiger partial charge in [-0.05, 0) is 32.8 Å². The number of carbonyl (C=O) groups is 1. The third-order valence-corrected chi connectivity index (χ3v) is 4.61. The zero-order valence-corrected chi connectivity index (χ0v) is 18.9. The number of rotatable bonds is 4. The maximum absolute atomic E-state index is 11.9. The third kappa shape index (κ3) is 6.18. The molecular weight excluding hydrogens is 457 g/mol. The molecule has 1 aromatic heterocycles. The molecule has 0 unspecified atom stereocenters. The summed E-state index contributed by atoms with van der Waals surface area (Å²) in [6.07, 6.45) is 2.36. The highest BCUT2D eigenvalue weighted by atomic mass is 127. The molecule has 0 radical (unpaired) electrons. The number of anilines is 1. The maximum Gasteiger partial charge on any atom is 0.243 e. The van der Waals surface area contributed by atoms with Crippen molar-refractivity contribution in [2.24, 2.45) is 4.99 Å². The van der Waals surface area contributed by atoms with Crippen molar-refractivity contribution in [3.63, 3.8) is 0 Å². The fraction of sp³-hybridized carbons (Fsp3) is 0.667. The fourth-order valence-corrected chi connectivity index (χ4v) is 2.90. The average Bonchev–Trinajstić information content (AvgIpc) is 3.41. The van der Waals surface area contributed by atoms with E-state index in [0.717, 1.165) is 49.5 Å². The minimum Gasteiger partial charge on any atom is -0.353 e. The molecule has 0 atom stereocenters. The number of nitrogens with zero attached hydrogens (tertiary/aromatic N) is 6. The second-order valence-corrected chi connectivity index (χ2v) is 7.27. The monoisotopic (exact) mass is 487 g/mol. The SMILES string of the molecule is Cc1cc(C)nc(N2CCN(C(=NCC(=O)N(C)C)NC3CC3)CC2)n1.I. The number of hydrogen-bond acceptors (Lipinski definition) is 5. The van der Waals surface area contributed by atoms with Crippen molar-refractivity contribution in [2.45, 2.75) is 32.7 Å². The normalized spacial score (nSPS) is 17.4. The van der Waals surface area contributed by atoms with E-state index in [2.05, 4.69) is 30.1 Å². The Morgan fingerprint density at radius 3 is 2.30 bits per heavy atom. The molecule has 1 N–H and O–H groups in total. The molecule has 27 heavy (non-hydrogen) atoms. The zero-order valence-electron chi connectivity index (χ0n) is 16.6. The maximum atomic E-state index is 11.9. The smallest absolute Gasteiger partial charge is 0.243 e. The number of aromatic nitrogens is 2. The van der Waals surface area contributed by atoms with E-state index >= 15 is 0 Å². The van der Waals surface area contributed by atoms with Crippen LogP contribution in [0.25, 0.3) is 0 Å². The van der Waals surface area contributed by atoms with Gasteiger partial charge in [0.05, 0.1) is 0 Å². The lowest BCUT2D eigenvalue weighted by atomic mass is 10.3. The predicted octanol–water partition coefficient (Wildman–Crippen LogP) is 1.03. The summed E-state index contributed by atoms with van der Waals surface area (Å²) in [4.78, 5) is 31.6. The molecule has 9 heteroatoms. The molecule has 1 saturated carbocycles. The van der Waals surface area contributed by atoms with Crippen molar-refractivity contribution < 1.29 is 4.79 Å². The van der Waals surface area contributed by atoms with Crippen LogP contribution in [-0.4, -0.2) is 84.5 Å². The summed E-state index contributed by atoms with van der Waals surface area (Å²) in [5, 5.41) is 3.48. The summed E-state index contributed by atoms with van der Waals surface area (Å²) in [5.41, 5.74) is 1.99. The highest BCUT2D eigenvalue weighted by Crippen LogP contribution is 2.20. The standard InChI is InChI=1S/C18H29N7O.HI/c1-13-11-14(2)21-18(20-13)25-9-7-24(8-10-25)17(22-15-5-6-15)19-12-16(26)23(3)4;/h11,15H,5-10,12H2,1-4H3,(H,19,22);1H. The van der Waals surface area contributed by atoms with Gasteiger partial charge in [-0.3, -0.25) is 4.79 Å². The lowest BCUT2D eigenvalue weighted by Gasteiger charge is -2.36. The first-order valence-electron chi connectivity index (χ1n) is 9.25. The lowest BCUT2D eigenvalue weighted by molar-refractivity contribution is -0.127. The van der Waals surface area contributed by atoms with Crippen molar-refractivity contribution >= 4 is 41.8 Å². The Kier molecular flexibility index (Phi) is 7.63. The highest BCUT2D eigenvalue weighted by molar-refractivity contribution is 14.0. The summed E-state index contributed by atoms with van der Waals surface area (Å²) >= 11 is 0. The van der Waals surface area contributed by atoms with Gasteiger partial charge in [0, 0.05) is 57.7 Å². The Morgan fingerprint density at radius 1 is 1.19 bits per heavy atom. The van der Waals surface area contributed by atoms with Gasteiger partial charge in [-0.25, -0.2) is 15.0 Å². The molecule has 8 nitrogen and oxygen atoms in total. The van der Waals surface area contributed by atoms with Crippen LogP contribution >= 0.6 is 24.0 Å². The van der Waals surface area contributed by atoms with E-state index in [0.29, 0.717) is 6.04 Å². The average molecular weight is 487 g/mol. The number of amides is 1. The molecule has 2 heterocycles. The van der Waals surface area contributed by atoms with Crippen LogP contribution in [-0.2, 0) is 4.79 Å². The molecule has 1 aromatic rings. The molecule has 2 aliphatic rings. The van der Waals surface area contributed by atoms with Crippen molar-refractivity contribution in [2.75, 3.05) is 51.7 Å². The van der Waals surface area contributed by atoms with Gasteiger partial charge in [0.1, 0.15) is 6.54 Å². The molecule has 0 spiro atoms. The first kappa shape index (κ1) is 21.6. The number of piperazine rings is 1. The van der Waals surface area contributed by atoms with Gasteiger partial charge >= 0.3 is 0 Å². The highest BCUT2D eigenvalue weighted by Gasteiger charge is 2.27. The van der Waals surface area contributed by atoms with E-state index in [-0.39, 0.29) is 36.4 Å². The third-order valence-electron chi connectivity index (χ3n) is 4.61. The number of hydrogen-bond donors (Lipinski definition) is 1. The van der Waals surface area contributed by atoms with Gasteiger partial charge in [0.2, 0.25) is 11.9 Å². The Hall–Kier alpha value is -1.65. The molecule has 0 aromatic carbocycles. The summed E-state index contributed by atoms with van der Waals surface area (Å²) in [7, 11) is 3.52. The molecular formula is C18H30IN7O. The number of likely N-dealkylation sites (N-methyl/N-ethyl adjacent to an activating group) is 1. The summed E-state index contributed by atoms with van der Waals surface area (Å²) in [5.74, 6) is 1.67. The van der Waals surface area contributed by atoms with Crippen LogP contribution in [0, 0.1) is 13.8 Å². The number of nitrogens with one attached hydrogen (secondary N) is 1. The van der Waals surface area contributed by atoms with Gasteiger partial charge in [-0.15, -0.1) is 24.0 Å². The van der Waals surface area contributed by atoms with Crippen LogP contribution in [0.2, 0.25) is 0 Å². The number of aryl methyl sites for hydroxylation is 2. The topological polar surface area (TPSA) is 77.0 Å². The molecule has 1 amide bonds. The van der Waals surface area contributed by atoms with E-state index in [1.165, 1.54) is 12.8 Å². The minimum absolute atomic E-state index is 0. The number of carbonyl (C=O) groups excluding carboxylic acids is 1. The van der Waals surface area contributed by atoms with E-state index in [1.54, 1.807) is 19.0 Å². The quantitative estimate of drug-likeness (QED) is 0.389. The largest absolute Gasteiger partial charge is 0.353 e. The Bertz CT molecular complexity index is 662. The van der Waals surface area contributed by atoms with Crippen LogP contribution in [0.5, 0.6) is 0 Å². The fourth-order valence-electron chi connectivity index (χ4n) is 2.90. The van der Waals surface area contributed by atoms with Gasteiger partial charge in [0.25, 0.3) is 0 Å². The Morgan fingerprint density at radius 2 is 1.78 bits per heavy atom. The first-order chi connectivity index (χ1) is 12.4. The predicted molar refractivity (Wildman–Crippen MR) is 118 cm³/mol. The Balaban J connectivity index is 0.00000261. The summed E-state index contributed by atoms with van der Waals surface area (Å²) in [6.45, 7) is 7.55. The second-order valence-electron chi connectivity index (χ2n) is 7.27. The van der Waals surface area contributed by atoms with Crippen LogP contribution in [0.15, 0.2) is 11.1 Å². The van der Waals surface area contributed by atoms with Gasteiger partial charge in [-0.2, -0.15) is 0 Å². The second kappa shape index (κ2) is 9.52. The van der Waals surface area contributed by atoms with Crippen LogP contribution < -0.4 is 10.2 Å². The first-order valence-corrected chi connectivity index (χ1v) is 9.25. The van der Waals surface area contributed by atoms with E-state index in [4.69, 9.17) is 0 Å². The van der Waals surface area contributed by atoms with E-state index < -0.39 is 0 Å². The molecule has 2 fully saturated rings. The van der Waals surface area contributed by atoms with Crippen molar-refractivity contribution in [1.29, 1.82) is 0 Å². The number of aliphatic imine (C=N–C) groups is 1.